The van der Waals surface area contributed by atoms with Gasteiger partial charge in [-0.15, -0.1) is 9.19 Å². The molecule has 0 amide bonds. The Morgan fingerprint density at radius 3 is 1.97 bits per heavy atom. The second kappa shape index (κ2) is 9.60. The van der Waals surface area contributed by atoms with Gasteiger partial charge >= 0.3 is 0 Å². The van der Waals surface area contributed by atoms with Crippen LogP contribution in [0.2, 0.25) is 10.0 Å². The number of aromatic nitrogens is 3. The molecule has 4 aromatic rings. The zero-order chi connectivity index (χ0) is 22.6. The van der Waals surface area contributed by atoms with Gasteiger partial charge in [-0.05, 0) is 47.5 Å². The highest BCUT2D eigenvalue weighted by Crippen LogP contribution is 2.21. The van der Waals surface area contributed by atoms with E-state index in [4.69, 9.17) is 23.2 Å². The van der Waals surface area contributed by atoms with Crippen LogP contribution < -0.4 is 10.6 Å². The van der Waals surface area contributed by atoms with Gasteiger partial charge in [0.1, 0.15) is 0 Å². The van der Waals surface area contributed by atoms with E-state index < -0.39 is 10.0 Å². The summed E-state index contributed by atoms with van der Waals surface area (Å²) >= 11 is 12.1. The zero-order valence-electron chi connectivity index (χ0n) is 16.7. The van der Waals surface area contributed by atoms with Gasteiger partial charge < -0.3 is 10.6 Å². The van der Waals surface area contributed by atoms with Gasteiger partial charge in [0.15, 0.2) is 0 Å². The summed E-state index contributed by atoms with van der Waals surface area (Å²) < 4.78 is 27.3. The van der Waals surface area contributed by atoms with E-state index in [0.29, 0.717) is 23.1 Å². The molecule has 0 spiro atoms. The molecule has 0 saturated heterocycles. The molecule has 7 nitrogen and oxygen atoms in total. The molecular formula is C22H19Cl2N5O2S. The predicted octanol–water partition coefficient (Wildman–Crippen LogP) is 5.05. The van der Waals surface area contributed by atoms with E-state index in [0.717, 1.165) is 15.2 Å². The van der Waals surface area contributed by atoms with Crippen LogP contribution >= 0.6 is 23.2 Å². The summed E-state index contributed by atoms with van der Waals surface area (Å²) in [6, 6.07) is 22.7. The Labute approximate surface area is 196 Å². The number of anilines is 2. The molecular weight excluding hydrogens is 469 g/mol. The molecule has 32 heavy (non-hydrogen) atoms. The van der Waals surface area contributed by atoms with Crippen molar-refractivity contribution in [2.24, 2.45) is 0 Å². The summed E-state index contributed by atoms with van der Waals surface area (Å²) in [5, 5.41) is 11.5. The van der Waals surface area contributed by atoms with E-state index in [1.807, 2.05) is 30.3 Å². The molecule has 2 N–H and O–H groups in total. The lowest BCUT2D eigenvalue weighted by Crippen LogP contribution is -2.18. The fraction of sp³-hybridized carbons (Fsp3) is 0.0909. The van der Waals surface area contributed by atoms with Crippen molar-refractivity contribution in [2.45, 2.75) is 18.0 Å². The number of rotatable bonds is 8. The predicted molar refractivity (Wildman–Crippen MR) is 127 cm³/mol. The van der Waals surface area contributed by atoms with Crippen LogP contribution in [0.4, 0.5) is 11.9 Å². The first kappa shape index (κ1) is 22.1. The SMILES string of the molecule is O=S(=O)(c1ccccc1)n1nc(NCc2cccc(Cl)c2)nc1NCc1cccc(Cl)c1. The minimum Gasteiger partial charge on any atom is -0.349 e. The average Bonchev–Trinajstić information content (AvgIpc) is 3.21. The second-order valence-electron chi connectivity index (χ2n) is 6.89. The van der Waals surface area contributed by atoms with E-state index in [1.54, 1.807) is 36.4 Å². The van der Waals surface area contributed by atoms with Crippen molar-refractivity contribution in [1.82, 2.24) is 14.2 Å². The molecule has 4 rings (SSSR count). The Balaban J connectivity index is 1.63. The molecule has 0 aliphatic heterocycles. The molecule has 0 fully saturated rings. The standard InChI is InChI=1S/C22H19Cl2N5O2S/c23-18-8-4-6-16(12-18)14-25-21-27-22(26-15-17-7-5-9-19(24)13-17)29(28-21)32(30,31)20-10-2-1-3-11-20/h1-13H,14-15H2,(H2,25,26,27,28). The summed E-state index contributed by atoms with van der Waals surface area (Å²) in [5.41, 5.74) is 1.78. The molecule has 0 aliphatic carbocycles. The molecule has 0 atom stereocenters. The molecule has 1 aromatic heterocycles. The first-order valence-corrected chi connectivity index (χ1v) is 11.9. The van der Waals surface area contributed by atoms with Crippen molar-refractivity contribution in [2.75, 3.05) is 10.6 Å². The lowest BCUT2D eigenvalue weighted by Gasteiger charge is -2.09. The topological polar surface area (TPSA) is 88.9 Å². The minimum absolute atomic E-state index is 0.0856. The molecule has 3 aromatic carbocycles. The number of benzene rings is 3. The molecule has 164 valence electrons. The van der Waals surface area contributed by atoms with Crippen LogP contribution in [0.1, 0.15) is 11.1 Å². The van der Waals surface area contributed by atoms with Gasteiger partial charge in [0.05, 0.1) is 4.90 Å². The van der Waals surface area contributed by atoms with Crippen LogP contribution in [0, 0.1) is 0 Å². The summed E-state index contributed by atoms with van der Waals surface area (Å²) in [6.45, 7) is 0.695. The summed E-state index contributed by atoms with van der Waals surface area (Å²) in [7, 11) is -3.96. The highest BCUT2D eigenvalue weighted by Gasteiger charge is 2.24. The van der Waals surface area contributed by atoms with E-state index in [2.05, 4.69) is 20.7 Å². The summed E-state index contributed by atoms with van der Waals surface area (Å²) in [5.74, 6) is 0.250. The van der Waals surface area contributed by atoms with Crippen molar-refractivity contribution in [3.05, 3.63) is 100 Å². The summed E-state index contributed by atoms with van der Waals surface area (Å²) in [4.78, 5) is 4.47. The van der Waals surface area contributed by atoms with Gasteiger partial charge in [-0.2, -0.15) is 13.4 Å². The molecule has 0 radical (unpaired) electrons. The second-order valence-corrected chi connectivity index (χ2v) is 9.53. The first-order chi connectivity index (χ1) is 15.4. The third-order valence-corrected chi connectivity index (χ3v) is 6.57. The Kier molecular flexibility index (Phi) is 6.64. The van der Waals surface area contributed by atoms with Gasteiger partial charge in [0, 0.05) is 23.1 Å². The Bertz CT molecular complexity index is 1330. The van der Waals surface area contributed by atoms with Crippen LogP contribution in [0.25, 0.3) is 0 Å². The Morgan fingerprint density at radius 1 is 0.781 bits per heavy atom. The van der Waals surface area contributed by atoms with Gasteiger partial charge in [-0.25, -0.2) is 0 Å². The molecule has 0 bridgehead atoms. The number of nitrogens with one attached hydrogen (secondary N) is 2. The lowest BCUT2D eigenvalue weighted by atomic mass is 10.2. The van der Waals surface area contributed by atoms with Crippen molar-refractivity contribution in [1.29, 1.82) is 0 Å². The van der Waals surface area contributed by atoms with E-state index >= 15 is 0 Å². The highest BCUT2D eigenvalue weighted by molar-refractivity contribution is 7.90. The molecule has 0 unspecified atom stereocenters. The van der Waals surface area contributed by atoms with E-state index in [1.165, 1.54) is 12.1 Å². The fourth-order valence-corrected chi connectivity index (χ4v) is 4.64. The normalized spacial score (nSPS) is 11.3. The largest absolute Gasteiger partial charge is 0.349 e. The molecule has 0 aliphatic rings. The Hall–Kier alpha value is -3.07. The van der Waals surface area contributed by atoms with E-state index in [9.17, 15) is 8.42 Å². The fourth-order valence-electron chi connectivity index (χ4n) is 3.00. The maximum atomic E-state index is 13.2. The van der Waals surface area contributed by atoms with Crippen molar-refractivity contribution >= 4 is 45.1 Å². The third kappa shape index (κ3) is 5.21. The van der Waals surface area contributed by atoms with Crippen molar-refractivity contribution in [3.8, 4) is 0 Å². The maximum absolute atomic E-state index is 13.2. The third-order valence-electron chi connectivity index (χ3n) is 4.53. The van der Waals surface area contributed by atoms with Crippen molar-refractivity contribution in [3.63, 3.8) is 0 Å². The number of hydrogen-bond acceptors (Lipinski definition) is 6. The van der Waals surface area contributed by atoms with Crippen LogP contribution in [-0.4, -0.2) is 22.6 Å². The number of hydrogen-bond donors (Lipinski definition) is 2. The smallest absolute Gasteiger partial charge is 0.286 e. The lowest BCUT2D eigenvalue weighted by molar-refractivity contribution is 0.580. The van der Waals surface area contributed by atoms with Crippen LogP contribution in [-0.2, 0) is 23.1 Å². The van der Waals surface area contributed by atoms with Crippen molar-refractivity contribution < 1.29 is 8.42 Å². The van der Waals surface area contributed by atoms with Gasteiger partial charge in [-0.3, -0.25) is 0 Å². The number of nitrogens with zero attached hydrogens (tertiary/aromatic N) is 3. The monoisotopic (exact) mass is 487 g/mol. The average molecular weight is 488 g/mol. The quantitative estimate of drug-likeness (QED) is 0.361. The zero-order valence-corrected chi connectivity index (χ0v) is 19.1. The van der Waals surface area contributed by atoms with Crippen LogP contribution in [0.3, 0.4) is 0 Å². The highest BCUT2D eigenvalue weighted by atomic mass is 35.5. The maximum Gasteiger partial charge on any atom is 0.286 e. The molecule has 1 heterocycles. The number of halogens is 2. The minimum atomic E-state index is -3.96. The Morgan fingerprint density at radius 2 is 1.38 bits per heavy atom. The van der Waals surface area contributed by atoms with Crippen LogP contribution in [0.5, 0.6) is 0 Å². The van der Waals surface area contributed by atoms with E-state index in [-0.39, 0.29) is 16.8 Å². The first-order valence-electron chi connectivity index (χ1n) is 9.66. The van der Waals surface area contributed by atoms with Gasteiger partial charge in [0.25, 0.3) is 10.0 Å². The molecule has 10 heteroatoms. The van der Waals surface area contributed by atoms with Crippen LogP contribution in [0.15, 0.2) is 83.8 Å². The molecule has 0 saturated carbocycles. The van der Waals surface area contributed by atoms with Gasteiger partial charge in [-0.1, -0.05) is 65.7 Å². The van der Waals surface area contributed by atoms with Gasteiger partial charge in [0.2, 0.25) is 11.9 Å². The summed E-state index contributed by atoms with van der Waals surface area (Å²) in [6.07, 6.45) is 0.